The Hall–Kier alpha value is -3.56. The van der Waals surface area contributed by atoms with Crippen LogP contribution in [0.5, 0.6) is 5.88 Å². The Morgan fingerprint density at radius 1 is 1.10 bits per heavy atom. The van der Waals surface area contributed by atoms with E-state index in [0.717, 1.165) is 17.2 Å². The fourth-order valence-corrected chi connectivity index (χ4v) is 6.22. The van der Waals surface area contributed by atoms with Crippen LogP contribution in [-0.2, 0) is 34.7 Å². The summed E-state index contributed by atoms with van der Waals surface area (Å²) < 4.78 is 96.3. The predicted octanol–water partition coefficient (Wildman–Crippen LogP) is 6.89. The maximum absolute atomic E-state index is 14.9. The second-order valence-electron chi connectivity index (χ2n) is 10.3. The van der Waals surface area contributed by atoms with Gasteiger partial charge in [0.15, 0.2) is 0 Å². The maximum atomic E-state index is 14.9. The molecule has 1 aromatic heterocycles. The largest absolute Gasteiger partial charge is 0.473 e. The summed E-state index contributed by atoms with van der Waals surface area (Å²) in [5, 5.41) is 0. The molecular weight excluding hydrogens is 524 g/mol. The molecule has 4 atom stereocenters. The van der Waals surface area contributed by atoms with Crippen LogP contribution in [0.2, 0.25) is 0 Å². The van der Waals surface area contributed by atoms with Crippen LogP contribution in [0.1, 0.15) is 64.1 Å². The highest BCUT2D eigenvalue weighted by atomic mass is 19.4. The number of aromatic nitrogens is 1. The minimum absolute atomic E-state index is 0.0521. The summed E-state index contributed by atoms with van der Waals surface area (Å²) in [6.07, 6.45) is -3.33. The standard InChI is InChI=1S/C29H23F6NO3/c1-2-38-27(37)26-18-7-14-9-24(36-12-20(14)25(18)26)39-13-15-8-17-19(11-28(31,32)22(17)10-23(15)30)16-5-3-4-6-21(16)29(33,34)35/h3-6,8-10,12,18-19,25-26H,2,7,11,13H2,1H3/t18-,19?,25-,26+/m1/s1. The van der Waals surface area contributed by atoms with Gasteiger partial charge in [-0.3, -0.25) is 4.79 Å². The lowest BCUT2D eigenvalue weighted by Crippen LogP contribution is -2.13. The molecule has 0 bridgehead atoms. The average Bonchev–Trinajstić information content (AvgIpc) is 3.37. The monoisotopic (exact) mass is 547 g/mol. The highest BCUT2D eigenvalue weighted by molar-refractivity contribution is 5.79. The molecule has 2 aromatic carbocycles. The number of alkyl halides is 5. The zero-order valence-corrected chi connectivity index (χ0v) is 20.7. The van der Waals surface area contributed by atoms with Gasteiger partial charge >= 0.3 is 12.1 Å². The van der Waals surface area contributed by atoms with E-state index in [2.05, 4.69) is 4.98 Å². The van der Waals surface area contributed by atoms with E-state index in [9.17, 15) is 31.1 Å². The number of esters is 1. The van der Waals surface area contributed by atoms with Crippen LogP contribution in [0, 0.1) is 17.7 Å². The summed E-state index contributed by atoms with van der Waals surface area (Å²) in [5.41, 5.74) is -0.0851. The number of nitrogens with zero attached hydrogens (tertiary/aromatic N) is 1. The third-order valence-corrected chi connectivity index (χ3v) is 8.01. The normalized spacial score (nSPS) is 24.1. The van der Waals surface area contributed by atoms with Gasteiger partial charge in [-0.05, 0) is 59.7 Å². The molecule has 3 aliphatic rings. The molecule has 39 heavy (non-hydrogen) atoms. The maximum Gasteiger partial charge on any atom is 0.416 e. The quantitative estimate of drug-likeness (QED) is 0.249. The SMILES string of the molecule is CCOC(=O)[C@H]1[C@@H]2Cc3cc(OCc4cc5c(cc4F)C(F)(F)CC5c4ccccc4C(F)(F)F)ncc3[C@@H]21. The van der Waals surface area contributed by atoms with Gasteiger partial charge < -0.3 is 9.47 Å². The summed E-state index contributed by atoms with van der Waals surface area (Å²) in [6, 6.07) is 8.20. The van der Waals surface area contributed by atoms with E-state index < -0.39 is 41.4 Å². The number of carbonyl (C=O) groups excluding carboxylic acids is 1. The van der Waals surface area contributed by atoms with Gasteiger partial charge in [0.2, 0.25) is 5.88 Å². The van der Waals surface area contributed by atoms with Crippen LogP contribution >= 0.6 is 0 Å². The van der Waals surface area contributed by atoms with E-state index in [0.29, 0.717) is 19.1 Å². The van der Waals surface area contributed by atoms with Crippen LogP contribution in [-0.4, -0.2) is 17.6 Å². The van der Waals surface area contributed by atoms with E-state index in [4.69, 9.17) is 9.47 Å². The number of halogens is 6. The Labute approximate surface area is 220 Å². The fraction of sp³-hybridized carbons (Fsp3) is 0.379. The topological polar surface area (TPSA) is 48.4 Å². The minimum Gasteiger partial charge on any atom is -0.473 e. The molecule has 0 spiro atoms. The van der Waals surface area contributed by atoms with Crippen LogP contribution in [0.3, 0.4) is 0 Å². The van der Waals surface area contributed by atoms with Gasteiger partial charge in [-0.2, -0.15) is 13.2 Å². The summed E-state index contributed by atoms with van der Waals surface area (Å²) in [4.78, 5) is 16.4. The van der Waals surface area contributed by atoms with Crippen LogP contribution in [0.4, 0.5) is 26.3 Å². The molecule has 1 unspecified atom stereocenters. The van der Waals surface area contributed by atoms with Gasteiger partial charge in [-0.25, -0.2) is 18.2 Å². The number of carbonyl (C=O) groups is 1. The zero-order valence-electron chi connectivity index (χ0n) is 20.7. The Morgan fingerprint density at radius 2 is 1.87 bits per heavy atom. The molecule has 0 aliphatic heterocycles. The molecule has 0 radical (unpaired) electrons. The average molecular weight is 547 g/mol. The van der Waals surface area contributed by atoms with Crippen molar-refractivity contribution >= 4 is 5.97 Å². The van der Waals surface area contributed by atoms with Crippen LogP contribution in [0.25, 0.3) is 0 Å². The van der Waals surface area contributed by atoms with Crippen LogP contribution in [0.15, 0.2) is 48.7 Å². The Kier molecular flexibility index (Phi) is 5.93. The van der Waals surface area contributed by atoms with Crippen molar-refractivity contribution in [3.05, 3.63) is 93.4 Å². The summed E-state index contributed by atoms with van der Waals surface area (Å²) in [7, 11) is 0. The first-order valence-electron chi connectivity index (χ1n) is 12.6. The Morgan fingerprint density at radius 3 is 2.62 bits per heavy atom. The van der Waals surface area contributed by atoms with Crippen molar-refractivity contribution in [2.24, 2.45) is 11.8 Å². The second kappa shape index (κ2) is 8.99. The number of hydrogen-bond acceptors (Lipinski definition) is 4. The van der Waals surface area contributed by atoms with Gasteiger partial charge in [0.1, 0.15) is 12.4 Å². The Balaban J connectivity index is 1.24. The fourth-order valence-electron chi connectivity index (χ4n) is 6.22. The lowest BCUT2D eigenvalue weighted by Gasteiger charge is -2.19. The molecule has 6 rings (SSSR count). The first-order chi connectivity index (χ1) is 18.5. The molecule has 10 heteroatoms. The molecule has 0 amide bonds. The van der Waals surface area contributed by atoms with Crippen LogP contribution < -0.4 is 4.74 Å². The van der Waals surface area contributed by atoms with Gasteiger partial charge in [0.05, 0.1) is 18.1 Å². The molecule has 0 N–H and O–H groups in total. The molecule has 3 aliphatic carbocycles. The molecule has 0 saturated heterocycles. The van der Waals surface area contributed by atoms with E-state index in [1.54, 1.807) is 19.2 Å². The number of pyridine rings is 1. The van der Waals surface area contributed by atoms with Gasteiger partial charge in [0.25, 0.3) is 5.92 Å². The van der Waals surface area contributed by atoms with E-state index in [1.807, 2.05) is 0 Å². The minimum atomic E-state index is -4.73. The first-order valence-corrected chi connectivity index (χ1v) is 12.6. The van der Waals surface area contributed by atoms with Crippen molar-refractivity contribution in [3.63, 3.8) is 0 Å². The van der Waals surface area contributed by atoms with Crippen molar-refractivity contribution in [2.45, 2.75) is 50.3 Å². The Bertz CT molecular complexity index is 1470. The molecule has 1 saturated carbocycles. The van der Waals surface area contributed by atoms with Gasteiger partial charge in [-0.1, -0.05) is 18.2 Å². The van der Waals surface area contributed by atoms with Crippen molar-refractivity contribution in [1.82, 2.24) is 4.98 Å². The summed E-state index contributed by atoms with van der Waals surface area (Å²) >= 11 is 0. The van der Waals surface area contributed by atoms with Crippen molar-refractivity contribution < 1.29 is 40.6 Å². The van der Waals surface area contributed by atoms with Crippen molar-refractivity contribution in [3.8, 4) is 5.88 Å². The third-order valence-electron chi connectivity index (χ3n) is 8.01. The number of fused-ring (bicyclic) bond motifs is 4. The molecule has 3 aromatic rings. The third kappa shape index (κ3) is 4.33. The molecule has 1 fully saturated rings. The smallest absolute Gasteiger partial charge is 0.416 e. The van der Waals surface area contributed by atoms with Gasteiger partial charge in [0, 0.05) is 41.6 Å². The number of ether oxygens (including phenoxy) is 2. The number of rotatable bonds is 6. The molecule has 204 valence electrons. The summed E-state index contributed by atoms with van der Waals surface area (Å²) in [5.74, 6) is -5.64. The van der Waals surface area contributed by atoms with E-state index in [1.165, 1.54) is 24.3 Å². The lowest BCUT2D eigenvalue weighted by atomic mass is 9.88. The van der Waals surface area contributed by atoms with Crippen molar-refractivity contribution in [2.75, 3.05) is 6.61 Å². The highest BCUT2D eigenvalue weighted by Gasteiger charge is 2.60. The van der Waals surface area contributed by atoms with Gasteiger partial charge in [-0.15, -0.1) is 0 Å². The molecule has 1 heterocycles. The first kappa shape index (κ1) is 25.7. The van der Waals surface area contributed by atoms with E-state index in [-0.39, 0.29) is 52.9 Å². The predicted molar refractivity (Wildman–Crippen MR) is 127 cm³/mol. The number of benzene rings is 2. The zero-order chi connectivity index (χ0) is 27.7. The second-order valence-corrected chi connectivity index (χ2v) is 10.3. The molecule has 4 nitrogen and oxygen atoms in total. The number of hydrogen-bond donors (Lipinski definition) is 0. The van der Waals surface area contributed by atoms with Crippen molar-refractivity contribution in [1.29, 1.82) is 0 Å². The molecular formula is C29H23F6NO3. The summed E-state index contributed by atoms with van der Waals surface area (Å²) in [6.45, 7) is 1.73. The van der Waals surface area contributed by atoms with E-state index >= 15 is 0 Å². The lowest BCUT2D eigenvalue weighted by molar-refractivity contribution is -0.145. The highest BCUT2D eigenvalue weighted by Crippen LogP contribution is 2.62.